The number of rotatable bonds is 5. The molecule has 606 valence electrons. The Hall–Kier alpha value is -9.74. The zero-order chi connectivity index (χ0) is 80.7. The molecule has 17 nitrogen and oxygen atoms in total. The van der Waals surface area contributed by atoms with Crippen LogP contribution in [0.5, 0.6) is 11.5 Å². The highest BCUT2D eigenvalue weighted by Gasteiger charge is 2.48. The number of ether oxygens (including phenoxy) is 10. The van der Waals surface area contributed by atoms with Crippen molar-refractivity contribution in [3.63, 3.8) is 0 Å². The predicted octanol–water partition coefficient (Wildman–Crippen LogP) is 20.7. The molecule has 10 heterocycles. The first-order valence-corrected chi connectivity index (χ1v) is 40.6. The lowest BCUT2D eigenvalue weighted by Crippen LogP contribution is -2.44. The van der Waals surface area contributed by atoms with Gasteiger partial charge >= 0.3 is 0 Å². The summed E-state index contributed by atoms with van der Waals surface area (Å²) in [7, 11) is 0. The molecule has 15 atom stereocenters. The van der Waals surface area contributed by atoms with Gasteiger partial charge in [0.1, 0.15) is 97.8 Å². The van der Waals surface area contributed by atoms with E-state index in [1.165, 1.54) is 68.3 Å². The molecular formula is C97H107F2N5O12. The number of aromatic hydroxyl groups is 2. The zero-order valence-electron chi connectivity index (χ0n) is 67.8. The van der Waals surface area contributed by atoms with Gasteiger partial charge in [0, 0.05) is 61.8 Å². The summed E-state index contributed by atoms with van der Waals surface area (Å²) in [6.45, 7) is 28.1. The van der Waals surface area contributed by atoms with Crippen molar-refractivity contribution in [1.82, 2.24) is 0 Å². The molecule has 7 N–H and O–H groups in total. The molecule has 0 saturated carbocycles. The second-order valence-corrected chi connectivity index (χ2v) is 34.6. The van der Waals surface area contributed by atoms with Crippen LogP contribution in [0.25, 0.3) is 0 Å². The minimum absolute atomic E-state index is 0.00134. The highest BCUT2D eigenvalue weighted by atomic mass is 19.1. The van der Waals surface area contributed by atoms with Crippen LogP contribution in [0.4, 0.5) is 37.2 Å². The molecule has 5 saturated heterocycles. The fourth-order valence-corrected chi connectivity index (χ4v) is 17.5. The summed E-state index contributed by atoms with van der Waals surface area (Å²) in [6, 6.07) is 71.2. The molecule has 0 bridgehead atoms. The third kappa shape index (κ3) is 16.9. The Balaban J connectivity index is 0.000000109. The molecule has 10 aromatic carbocycles. The molecule has 19 heteroatoms. The van der Waals surface area contributed by atoms with Gasteiger partial charge in [-0.1, -0.05) is 225 Å². The van der Waals surface area contributed by atoms with E-state index in [-0.39, 0.29) is 112 Å². The molecule has 5 fully saturated rings. The lowest BCUT2D eigenvalue weighted by atomic mass is 9.81. The average molecular weight is 1570 g/mol. The van der Waals surface area contributed by atoms with Crippen molar-refractivity contribution in [1.29, 1.82) is 0 Å². The van der Waals surface area contributed by atoms with Crippen LogP contribution in [-0.2, 0) is 63.6 Å². The predicted molar refractivity (Wildman–Crippen MR) is 447 cm³/mol. The number of benzene rings is 10. The molecule has 10 aliphatic heterocycles. The van der Waals surface area contributed by atoms with Crippen LogP contribution in [0.1, 0.15) is 206 Å². The Kier molecular flexibility index (Phi) is 23.3. The number of hydrogen-bond acceptors (Lipinski definition) is 17. The van der Waals surface area contributed by atoms with E-state index in [0.717, 1.165) is 56.3 Å². The van der Waals surface area contributed by atoms with Gasteiger partial charge in [-0.25, -0.2) is 8.78 Å². The van der Waals surface area contributed by atoms with Crippen LogP contribution in [0, 0.1) is 25.5 Å². The van der Waals surface area contributed by atoms with Crippen molar-refractivity contribution in [3.05, 3.63) is 313 Å². The fraction of sp³-hybridized carbons (Fsp3) is 0.381. The molecule has 20 rings (SSSR count). The fourth-order valence-electron chi connectivity index (χ4n) is 17.5. The third-order valence-electron chi connectivity index (χ3n) is 23.6. The van der Waals surface area contributed by atoms with Gasteiger partial charge in [-0.15, -0.1) is 0 Å². The van der Waals surface area contributed by atoms with Gasteiger partial charge in [0.25, 0.3) is 0 Å². The quantitative estimate of drug-likeness (QED) is 0.0860. The van der Waals surface area contributed by atoms with E-state index in [2.05, 4.69) is 230 Å². The van der Waals surface area contributed by atoms with Gasteiger partial charge in [-0.2, -0.15) is 0 Å². The van der Waals surface area contributed by atoms with Gasteiger partial charge in [-0.3, -0.25) is 0 Å². The number of phenolic OH excluding ortho intramolecular Hbond substituents is 2. The van der Waals surface area contributed by atoms with E-state index in [4.69, 9.17) is 47.4 Å². The number of halogens is 2. The normalized spacial score (nSPS) is 26.2. The van der Waals surface area contributed by atoms with Gasteiger partial charge < -0.3 is 84.2 Å². The minimum atomic E-state index is -0.644. The van der Waals surface area contributed by atoms with Gasteiger partial charge in [0.05, 0.1) is 69.9 Å². The van der Waals surface area contributed by atoms with Gasteiger partial charge in [0.15, 0.2) is 0 Å². The summed E-state index contributed by atoms with van der Waals surface area (Å²) in [5, 5.41) is 37.3. The number of fused-ring (bicyclic) bond motifs is 15. The largest absolute Gasteiger partial charge is 0.508 e. The van der Waals surface area contributed by atoms with Crippen LogP contribution in [0.15, 0.2) is 218 Å². The van der Waals surface area contributed by atoms with E-state index in [1.807, 2.05) is 48.5 Å². The summed E-state index contributed by atoms with van der Waals surface area (Å²) in [4.78, 5) is 0. The summed E-state index contributed by atoms with van der Waals surface area (Å²) < 4.78 is 88.5. The van der Waals surface area contributed by atoms with Crippen LogP contribution < -0.4 is 26.6 Å². The lowest BCUT2D eigenvalue weighted by molar-refractivity contribution is -0.151. The Labute approximate surface area is 679 Å². The average Bonchev–Trinajstić information content (AvgIpc) is 1.64. The molecule has 0 aromatic heterocycles. The van der Waals surface area contributed by atoms with Crippen LogP contribution in [0.2, 0.25) is 0 Å². The number of aryl methyl sites for hydroxylation is 2. The smallest absolute Gasteiger partial charge is 0.148 e. The highest BCUT2D eigenvalue weighted by molar-refractivity contribution is 5.64. The molecule has 0 spiro atoms. The second-order valence-electron chi connectivity index (χ2n) is 34.6. The second kappa shape index (κ2) is 33.7. The lowest BCUT2D eigenvalue weighted by Gasteiger charge is -2.43. The third-order valence-corrected chi connectivity index (χ3v) is 23.6. The monoisotopic (exact) mass is 1570 g/mol. The molecular weight excluding hydrogens is 1470 g/mol. The minimum Gasteiger partial charge on any atom is -0.508 e. The maximum absolute atomic E-state index is 14.4. The van der Waals surface area contributed by atoms with Crippen molar-refractivity contribution in [2.45, 2.75) is 184 Å². The highest BCUT2D eigenvalue weighted by Crippen LogP contribution is 2.52. The first kappa shape index (κ1) is 80.1. The molecule has 0 amide bonds. The molecule has 116 heavy (non-hydrogen) atoms. The van der Waals surface area contributed by atoms with Crippen molar-refractivity contribution in [2.75, 3.05) is 79.8 Å². The van der Waals surface area contributed by atoms with E-state index in [0.29, 0.717) is 53.2 Å². The molecule has 0 aliphatic carbocycles. The Bertz CT molecular complexity index is 4850. The number of hydrogen-bond donors (Lipinski definition) is 7. The summed E-state index contributed by atoms with van der Waals surface area (Å²) in [6.07, 6.45) is -1.15. The van der Waals surface area contributed by atoms with E-state index >= 15 is 0 Å². The van der Waals surface area contributed by atoms with Gasteiger partial charge in [0.2, 0.25) is 0 Å². The van der Waals surface area contributed by atoms with Crippen molar-refractivity contribution in [3.8, 4) is 11.5 Å². The first-order valence-electron chi connectivity index (χ1n) is 40.6. The van der Waals surface area contributed by atoms with E-state index in [9.17, 15) is 19.0 Å². The molecule has 10 aromatic rings. The van der Waals surface area contributed by atoms with E-state index < -0.39 is 23.8 Å². The maximum atomic E-state index is 14.4. The van der Waals surface area contributed by atoms with Gasteiger partial charge in [-0.05, 0) is 136 Å². The summed E-state index contributed by atoms with van der Waals surface area (Å²) >= 11 is 0. The number of anilines is 5. The Morgan fingerprint density at radius 2 is 0.569 bits per heavy atom. The molecule has 9 unspecified atom stereocenters. The van der Waals surface area contributed by atoms with E-state index in [1.54, 1.807) is 24.3 Å². The summed E-state index contributed by atoms with van der Waals surface area (Å²) in [5.74, 6) is -0.632. The van der Waals surface area contributed by atoms with Crippen molar-refractivity contribution in [2.24, 2.45) is 0 Å². The van der Waals surface area contributed by atoms with Crippen molar-refractivity contribution >= 4 is 28.4 Å². The van der Waals surface area contributed by atoms with Crippen LogP contribution in [-0.4, -0.2) is 94.0 Å². The number of nitrogens with one attached hydrogen (secondary N) is 5. The first-order chi connectivity index (χ1) is 55.9. The maximum Gasteiger partial charge on any atom is 0.148 e. The molecule has 10 aliphatic rings. The Morgan fingerprint density at radius 1 is 0.284 bits per heavy atom. The SMILES string of the molecule is CC(C)(C)c1ccc2c(c1)C1OCOC1C(c1cccc(O)c1)N2.CC(C)(C)c1ccc2c(c1)C1OCOC1C(c1cccc(O)c1)N2.CC(C)(C)c1ccc2c(c1)[C@@H]1OCCO[C@@H]1[C@@H](c1c(F)cccc1F)N2.Cc1ccc2c(c1)C1OCCOC1C(c1ccccc1)N2.Cc1ccc2c(c1)[C@H]1OCCO[C@H]1[C@H](c1ccccc1)N2. The van der Waals surface area contributed by atoms with Crippen LogP contribution >= 0.6 is 0 Å². The Morgan fingerprint density at radius 3 is 0.922 bits per heavy atom. The molecule has 0 radical (unpaired) electrons. The summed E-state index contributed by atoms with van der Waals surface area (Å²) in [5.41, 5.74) is 21.9. The number of phenols is 2. The van der Waals surface area contributed by atoms with Crippen LogP contribution in [0.3, 0.4) is 0 Å². The standard InChI is InChI=1S/C21H23F2NO2.2C20H23NO3.2C18H19NO2/c1-21(2,3)12-7-8-16-13(11-12)19-20(26-10-9-25-19)18(24-16)17-14(22)5-4-6-15(17)23;2*1-20(2,3)13-7-8-16-15(10-13)18-19(24-11-23-18)17(21-16)12-5-4-6-14(22)9-12;2*1-12-7-8-15-14(11-12)17-18(21-10-9-20-17)16(19-15)13-5-3-2-4-6-13/h4-8,11,18-20,24H,9-10H2,1-3H3;2*4-10,17-19,21-22H,11H2,1-3H3;2*2-8,11,16-19H,9-10H2,1H3/t18-,19+,20-;;;16-,17+,18-;/m1..0./s1. The zero-order valence-corrected chi connectivity index (χ0v) is 67.8. The topological polar surface area (TPSA) is 193 Å². The van der Waals surface area contributed by atoms with Crippen molar-refractivity contribution < 1.29 is 66.4 Å².